The van der Waals surface area contributed by atoms with Crippen molar-refractivity contribution in [2.45, 2.75) is 46.1 Å². The normalized spacial score (nSPS) is 12.7. The second kappa shape index (κ2) is 6.17. The molecule has 2 heterocycles. The molecule has 0 unspecified atom stereocenters. The molecule has 1 atom stereocenters. The molecule has 2 aromatic rings. The number of thiazole rings is 1. The summed E-state index contributed by atoms with van der Waals surface area (Å²) in [7, 11) is 0. The Morgan fingerprint density at radius 1 is 1.50 bits per heavy atom. The summed E-state index contributed by atoms with van der Waals surface area (Å²) in [6.45, 7) is 8.10. The third-order valence-electron chi connectivity index (χ3n) is 3.01. The summed E-state index contributed by atoms with van der Waals surface area (Å²) >= 11 is 1.53. The highest BCUT2D eigenvalue weighted by atomic mass is 32.1. The van der Waals surface area contributed by atoms with Crippen LogP contribution < -0.4 is 5.32 Å². The van der Waals surface area contributed by atoms with E-state index in [2.05, 4.69) is 34.1 Å². The molecule has 0 aliphatic heterocycles. The lowest BCUT2D eigenvalue weighted by Crippen LogP contribution is -2.29. The molecule has 6 heteroatoms. The second-order valence-corrected chi connectivity index (χ2v) is 6.00. The van der Waals surface area contributed by atoms with Crippen LogP contribution in [-0.4, -0.2) is 20.9 Å². The van der Waals surface area contributed by atoms with Gasteiger partial charge in [0.05, 0.1) is 11.0 Å². The van der Waals surface area contributed by atoms with E-state index in [1.54, 1.807) is 6.20 Å². The van der Waals surface area contributed by atoms with Gasteiger partial charge in [0, 0.05) is 23.2 Å². The largest absolute Gasteiger partial charge is 0.344 e. The third-order valence-corrected chi connectivity index (χ3v) is 4.16. The van der Waals surface area contributed by atoms with Crippen molar-refractivity contribution in [1.82, 2.24) is 20.3 Å². The highest BCUT2D eigenvalue weighted by molar-refractivity contribution is 7.09. The first-order valence-corrected chi connectivity index (χ1v) is 7.67. The standard InChI is InChI=1S/C14H20N4OS/c1-5-10(12-15-6-9(4)16-12)17-13(19)11-7-20-14(18-11)8(2)3/h6-8,10H,5H2,1-4H3,(H,15,16)(H,17,19)/t10-/m0/s1. The first kappa shape index (κ1) is 14.7. The number of aromatic nitrogens is 3. The van der Waals surface area contributed by atoms with Gasteiger partial charge < -0.3 is 10.3 Å². The Labute approximate surface area is 122 Å². The van der Waals surface area contributed by atoms with Crippen LogP contribution >= 0.6 is 11.3 Å². The Kier molecular flexibility index (Phi) is 4.54. The van der Waals surface area contributed by atoms with E-state index < -0.39 is 0 Å². The van der Waals surface area contributed by atoms with Gasteiger partial charge in [0.25, 0.3) is 5.91 Å². The molecule has 0 spiro atoms. The fraction of sp³-hybridized carbons (Fsp3) is 0.500. The predicted molar refractivity (Wildman–Crippen MR) is 80.0 cm³/mol. The molecule has 0 aromatic carbocycles. The van der Waals surface area contributed by atoms with E-state index in [0.29, 0.717) is 11.6 Å². The number of hydrogen-bond acceptors (Lipinski definition) is 4. The summed E-state index contributed by atoms with van der Waals surface area (Å²) in [4.78, 5) is 24.0. The van der Waals surface area contributed by atoms with Crippen molar-refractivity contribution in [3.05, 3.63) is 33.8 Å². The monoisotopic (exact) mass is 292 g/mol. The van der Waals surface area contributed by atoms with Crippen LogP contribution in [0.3, 0.4) is 0 Å². The molecule has 0 saturated carbocycles. The fourth-order valence-corrected chi connectivity index (χ4v) is 2.68. The number of aryl methyl sites for hydroxylation is 1. The third kappa shape index (κ3) is 3.25. The summed E-state index contributed by atoms with van der Waals surface area (Å²) in [5.74, 6) is 0.989. The number of H-pyrrole nitrogens is 1. The molecule has 108 valence electrons. The maximum absolute atomic E-state index is 12.2. The maximum Gasteiger partial charge on any atom is 0.271 e. The number of carbonyl (C=O) groups is 1. The van der Waals surface area contributed by atoms with Gasteiger partial charge in [0.2, 0.25) is 0 Å². The maximum atomic E-state index is 12.2. The molecular weight excluding hydrogens is 272 g/mol. The predicted octanol–water partition coefficient (Wildman–Crippen LogP) is 3.18. The Balaban J connectivity index is 2.08. The SMILES string of the molecule is CC[C@H](NC(=O)c1csc(C(C)C)n1)c1ncc(C)[nH]1. The van der Waals surface area contributed by atoms with Gasteiger partial charge in [-0.1, -0.05) is 20.8 Å². The van der Waals surface area contributed by atoms with Gasteiger partial charge in [0.1, 0.15) is 11.5 Å². The fourth-order valence-electron chi connectivity index (χ4n) is 1.86. The van der Waals surface area contributed by atoms with Gasteiger partial charge in [-0.05, 0) is 13.3 Å². The lowest BCUT2D eigenvalue weighted by Gasteiger charge is -2.13. The molecule has 0 aliphatic carbocycles. The summed E-state index contributed by atoms with van der Waals surface area (Å²) in [5.41, 5.74) is 1.48. The molecule has 0 radical (unpaired) electrons. The summed E-state index contributed by atoms with van der Waals surface area (Å²) in [6, 6.07) is -0.111. The minimum Gasteiger partial charge on any atom is -0.344 e. The van der Waals surface area contributed by atoms with Crippen LogP contribution in [0, 0.1) is 6.92 Å². The van der Waals surface area contributed by atoms with E-state index in [9.17, 15) is 4.79 Å². The highest BCUT2D eigenvalue weighted by Gasteiger charge is 2.19. The second-order valence-electron chi connectivity index (χ2n) is 5.11. The zero-order valence-electron chi connectivity index (χ0n) is 12.2. The molecule has 20 heavy (non-hydrogen) atoms. The Hall–Kier alpha value is -1.69. The van der Waals surface area contributed by atoms with E-state index in [-0.39, 0.29) is 11.9 Å². The quantitative estimate of drug-likeness (QED) is 0.889. The zero-order valence-corrected chi connectivity index (χ0v) is 13.0. The molecule has 2 aromatic heterocycles. The average Bonchev–Trinajstić information content (AvgIpc) is 3.04. The van der Waals surface area contributed by atoms with Crippen molar-refractivity contribution in [3.8, 4) is 0 Å². The van der Waals surface area contributed by atoms with Crippen molar-refractivity contribution in [2.24, 2.45) is 0 Å². The van der Waals surface area contributed by atoms with Crippen molar-refractivity contribution in [1.29, 1.82) is 0 Å². The molecule has 2 rings (SSSR count). The number of nitrogens with one attached hydrogen (secondary N) is 2. The van der Waals surface area contributed by atoms with Crippen LogP contribution in [0.4, 0.5) is 0 Å². The lowest BCUT2D eigenvalue weighted by atomic mass is 10.2. The molecule has 0 aliphatic rings. The molecule has 0 bridgehead atoms. The van der Waals surface area contributed by atoms with Gasteiger partial charge in [-0.25, -0.2) is 9.97 Å². The minimum atomic E-state index is -0.144. The number of aromatic amines is 1. The molecule has 0 saturated heterocycles. The molecule has 2 N–H and O–H groups in total. The number of nitrogens with zero attached hydrogens (tertiary/aromatic N) is 2. The number of hydrogen-bond donors (Lipinski definition) is 2. The van der Waals surface area contributed by atoms with E-state index in [4.69, 9.17) is 0 Å². The van der Waals surface area contributed by atoms with Gasteiger partial charge in [0.15, 0.2) is 0 Å². The molecule has 5 nitrogen and oxygen atoms in total. The number of amides is 1. The summed E-state index contributed by atoms with van der Waals surface area (Å²) < 4.78 is 0. The van der Waals surface area contributed by atoms with Crippen molar-refractivity contribution < 1.29 is 4.79 Å². The first-order valence-electron chi connectivity index (χ1n) is 6.79. The van der Waals surface area contributed by atoms with E-state index >= 15 is 0 Å². The Morgan fingerprint density at radius 2 is 2.25 bits per heavy atom. The molecule has 1 amide bonds. The van der Waals surface area contributed by atoms with E-state index in [0.717, 1.165) is 22.9 Å². The number of carbonyl (C=O) groups excluding carboxylic acids is 1. The van der Waals surface area contributed by atoms with E-state index in [1.807, 2.05) is 19.2 Å². The van der Waals surface area contributed by atoms with Crippen LogP contribution in [0.1, 0.15) is 66.2 Å². The van der Waals surface area contributed by atoms with Gasteiger partial charge in [-0.2, -0.15) is 0 Å². The highest BCUT2D eigenvalue weighted by Crippen LogP contribution is 2.20. The van der Waals surface area contributed by atoms with Crippen LogP contribution in [0.15, 0.2) is 11.6 Å². The lowest BCUT2D eigenvalue weighted by molar-refractivity contribution is 0.0929. The van der Waals surface area contributed by atoms with Crippen LogP contribution in [0.2, 0.25) is 0 Å². The summed E-state index contributed by atoms with van der Waals surface area (Å²) in [6.07, 6.45) is 2.55. The average molecular weight is 292 g/mol. The van der Waals surface area contributed by atoms with Crippen molar-refractivity contribution in [2.75, 3.05) is 0 Å². The topological polar surface area (TPSA) is 70.7 Å². The van der Waals surface area contributed by atoms with Gasteiger partial charge in [-0.15, -0.1) is 11.3 Å². The number of imidazole rings is 1. The van der Waals surface area contributed by atoms with E-state index in [1.165, 1.54) is 11.3 Å². The minimum absolute atomic E-state index is 0.111. The Bertz CT molecular complexity index is 588. The molecule has 0 fully saturated rings. The number of rotatable bonds is 5. The van der Waals surface area contributed by atoms with Crippen molar-refractivity contribution in [3.63, 3.8) is 0 Å². The van der Waals surface area contributed by atoms with Gasteiger partial charge >= 0.3 is 0 Å². The Morgan fingerprint density at radius 3 is 2.75 bits per heavy atom. The zero-order chi connectivity index (χ0) is 14.7. The smallest absolute Gasteiger partial charge is 0.271 e. The van der Waals surface area contributed by atoms with Crippen molar-refractivity contribution >= 4 is 17.2 Å². The van der Waals surface area contributed by atoms with Crippen LogP contribution in [0.5, 0.6) is 0 Å². The van der Waals surface area contributed by atoms with Crippen LogP contribution in [-0.2, 0) is 0 Å². The van der Waals surface area contributed by atoms with Gasteiger partial charge in [-0.3, -0.25) is 4.79 Å². The first-order chi connectivity index (χ1) is 9.51. The van der Waals surface area contributed by atoms with Crippen LogP contribution in [0.25, 0.3) is 0 Å². The summed E-state index contributed by atoms with van der Waals surface area (Å²) in [5, 5.41) is 5.77. The molecular formula is C14H20N4OS.